The Kier molecular flexibility index (Phi) is 4.35. The van der Waals surface area contributed by atoms with Crippen molar-refractivity contribution in [3.63, 3.8) is 0 Å². The molecule has 0 aliphatic carbocycles. The molecule has 1 fully saturated rings. The molecule has 1 unspecified atom stereocenters. The van der Waals surface area contributed by atoms with Crippen LogP contribution < -0.4 is 10.2 Å². The Hall–Kier alpha value is -3.13. The summed E-state index contributed by atoms with van der Waals surface area (Å²) in [4.78, 5) is 15.3. The molecule has 1 aromatic carbocycles. The fourth-order valence-electron chi connectivity index (χ4n) is 3.82. The lowest BCUT2D eigenvalue weighted by atomic mass is 10.1. The SMILES string of the molecule is CC1CN(c2ccc3nc(-c4cc(F)c5nc(CF)cn5c4)ncc3c2)CCN1. The number of pyridine rings is 1. The fourth-order valence-corrected chi connectivity index (χ4v) is 3.82. The molecule has 0 spiro atoms. The third-order valence-electron chi connectivity index (χ3n) is 5.25. The van der Waals surface area contributed by atoms with Gasteiger partial charge in [0.1, 0.15) is 6.67 Å². The Morgan fingerprint density at radius 2 is 2.10 bits per heavy atom. The highest BCUT2D eigenvalue weighted by Gasteiger charge is 2.17. The molecule has 1 N–H and O–H groups in total. The summed E-state index contributed by atoms with van der Waals surface area (Å²) < 4.78 is 28.7. The molecule has 0 bridgehead atoms. The summed E-state index contributed by atoms with van der Waals surface area (Å²) in [5, 5.41) is 4.37. The van der Waals surface area contributed by atoms with Crippen LogP contribution in [0.15, 0.2) is 42.9 Å². The van der Waals surface area contributed by atoms with Crippen molar-refractivity contribution in [2.45, 2.75) is 19.6 Å². The Morgan fingerprint density at radius 3 is 2.93 bits per heavy atom. The lowest BCUT2D eigenvalue weighted by molar-refractivity contribution is 0.477. The molecule has 1 atom stereocenters. The molecule has 3 aromatic heterocycles. The number of nitrogens with zero attached hydrogens (tertiary/aromatic N) is 5. The highest BCUT2D eigenvalue weighted by atomic mass is 19.1. The number of anilines is 1. The maximum absolute atomic E-state index is 14.4. The van der Waals surface area contributed by atoms with Gasteiger partial charge in [-0.3, -0.25) is 0 Å². The van der Waals surface area contributed by atoms with Gasteiger partial charge in [0.2, 0.25) is 0 Å². The first-order chi connectivity index (χ1) is 14.1. The van der Waals surface area contributed by atoms with E-state index in [-0.39, 0.29) is 11.3 Å². The predicted molar refractivity (Wildman–Crippen MR) is 108 cm³/mol. The minimum Gasteiger partial charge on any atom is -0.369 e. The number of fused-ring (bicyclic) bond motifs is 2. The molecule has 8 heteroatoms. The van der Waals surface area contributed by atoms with Crippen molar-refractivity contribution in [3.05, 3.63) is 54.4 Å². The van der Waals surface area contributed by atoms with Gasteiger partial charge in [0.05, 0.1) is 11.2 Å². The number of hydrogen-bond acceptors (Lipinski definition) is 5. The van der Waals surface area contributed by atoms with E-state index in [4.69, 9.17) is 0 Å². The zero-order chi connectivity index (χ0) is 20.0. The van der Waals surface area contributed by atoms with Crippen LogP contribution in [0.2, 0.25) is 0 Å². The van der Waals surface area contributed by atoms with Gasteiger partial charge in [-0.1, -0.05) is 0 Å². The first kappa shape index (κ1) is 17.9. The topological polar surface area (TPSA) is 58.4 Å². The smallest absolute Gasteiger partial charge is 0.173 e. The molecule has 1 aliphatic heterocycles. The average molecular weight is 394 g/mol. The van der Waals surface area contributed by atoms with Gasteiger partial charge in [0.15, 0.2) is 17.3 Å². The predicted octanol–water partition coefficient (Wildman–Crippen LogP) is 3.35. The highest BCUT2D eigenvalue weighted by Crippen LogP contribution is 2.25. The van der Waals surface area contributed by atoms with Crippen molar-refractivity contribution in [3.8, 4) is 11.4 Å². The molecule has 148 valence electrons. The van der Waals surface area contributed by atoms with Crippen LogP contribution >= 0.6 is 0 Å². The van der Waals surface area contributed by atoms with Gasteiger partial charge in [-0.2, -0.15) is 0 Å². The minimum atomic E-state index is -0.739. The second-order valence-electron chi connectivity index (χ2n) is 7.41. The Morgan fingerprint density at radius 1 is 1.21 bits per heavy atom. The van der Waals surface area contributed by atoms with Gasteiger partial charge in [-0.05, 0) is 31.2 Å². The number of nitrogens with one attached hydrogen (secondary N) is 1. The molecule has 29 heavy (non-hydrogen) atoms. The van der Waals surface area contributed by atoms with Crippen molar-refractivity contribution in [2.75, 3.05) is 24.5 Å². The maximum atomic E-state index is 14.4. The summed E-state index contributed by atoms with van der Waals surface area (Å²) in [7, 11) is 0. The first-order valence-electron chi connectivity index (χ1n) is 9.59. The third kappa shape index (κ3) is 3.29. The quantitative estimate of drug-likeness (QED) is 0.578. The van der Waals surface area contributed by atoms with Crippen LogP contribution in [0.1, 0.15) is 12.6 Å². The molecule has 0 amide bonds. The van der Waals surface area contributed by atoms with Gasteiger partial charge >= 0.3 is 0 Å². The zero-order valence-electron chi connectivity index (χ0n) is 15.9. The number of hydrogen-bond donors (Lipinski definition) is 1. The van der Waals surface area contributed by atoms with Crippen molar-refractivity contribution in [1.29, 1.82) is 0 Å². The summed E-state index contributed by atoms with van der Waals surface area (Å²) in [5.41, 5.74) is 2.73. The molecular weight excluding hydrogens is 374 g/mol. The van der Waals surface area contributed by atoms with Crippen molar-refractivity contribution in [2.24, 2.45) is 0 Å². The molecule has 1 aliphatic rings. The molecular formula is C21H20F2N6. The zero-order valence-corrected chi connectivity index (χ0v) is 15.9. The molecule has 4 heterocycles. The summed E-state index contributed by atoms with van der Waals surface area (Å²) in [5.74, 6) is -0.119. The first-order valence-corrected chi connectivity index (χ1v) is 9.59. The van der Waals surface area contributed by atoms with Gasteiger partial charge < -0.3 is 14.6 Å². The minimum absolute atomic E-state index is 0.0945. The largest absolute Gasteiger partial charge is 0.369 e. The van der Waals surface area contributed by atoms with Crippen molar-refractivity contribution >= 4 is 22.2 Å². The van der Waals surface area contributed by atoms with Gasteiger partial charge in [-0.15, -0.1) is 0 Å². The molecule has 4 aromatic rings. The molecule has 0 radical (unpaired) electrons. The summed E-state index contributed by atoms with van der Waals surface area (Å²) >= 11 is 0. The number of rotatable bonds is 3. The van der Waals surface area contributed by atoms with E-state index in [0.717, 1.165) is 36.2 Å². The number of piperazine rings is 1. The summed E-state index contributed by atoms with van der Waals surface area (Å²) in [6.45, 7) is 4.31. The van der Waals surface area contributed by atoms with E-state index in [2.05, 4.69) is 44.2 Å². The molecule has 5 rings (SSSR count). The van der Waals surface area contributed by atoms with Crippen LogP contribution in [-0.2, 0) is 6.67 Å². The third-order valence-corrected chi connectivity index (χ3v) is 5.25. The van der Waals surface area contributed by atoms with E-state index in [9.17, 15) is 8.78 Å². The number of aromatic nitrogens is 4. The van der Waals surface area contributed by atoms with Gasteiger partial charge in [-0.25, -0.2) is 23.7 Å². The number of halogens is 2. The van der Waals surface area contributed by atoms with E-state index in [1.807, 2.05) is 6.07 Å². The summed E-state index contributed by atoms with van der Waals surface area (Å²) in [6.07, 6.45) is 4.90. The second kappa shape index (κ2) is 7.04. The lowest BCUT2D eigenvalue weighted by Crippen LogP contribution is -2.49. The van der Waals surface area contributed by atoms with Crippen LogP contribution in [0.25, 0.3) is 27.9 Å². The Balaban J connectivity index is 1.51. The number of imidazole rings is 1. The number of alkyl halides is 1. The van der Waals surface area contributed by atoms with Crippen molar-refractivity contribution < 1.29 is 8.78 Å². The maximum Gasteiger partial charge on any atom is 0.173 e. The van der Waals surface area contributed by atoms with Gasteiger partial charge in [0, 0.05) is 60.9 Å². The van der Waals surface area contributed by atoms with Crippen LogP contribution in [-0.4, -0.2) is 45.0 Å². The standard InChI is InChI=1S/C21H20F2N6/c1-13-10-28(5-4-24-13)17-2-3-19-14(6-17)9-25-20(27-19)15-7-18(23)21-26-16(8-22)12-29(21)11-15/h2-3,6-7,9,11-13,24H,4-5,8,10H2,1H3. The van der Waals surface area contributed by atoms with E-state index >= 15 is 0 Å². The van der Waals surface area contributed by atoms with E-state index < -0.39 is 12.5 Å². The van der Waals surface area contributed by atoms with E-state index in [0.29, 0.717) is 17.4 Å². The van der Waals surface area contributed by atoms with Crippen molar-refractivity contribution in [1.82, 2.24) is 24.7 Å². The monoisotopic (exact) mass is 394 g/mol. The Bertz CT molecular complexity index is 1200. The highest BCUT2D eigenvalue weighted by molar-refractivity contribution is 5.83. The Labute approximate surface area is 166 Å². The molecule has 6 nitrogen and oxygen atoms in total. The molecule has 1 saturated heterocycles. The summed E-state index contributed by atoms with van der Waals surface area (Å²) in [6, 6.07) is 7.90. The van der Waals surface area contributed by atoms with E-state index in [1.54, 1.807) is 12.4 Å². The van der Waals surface area contributed by atoms with E-state index in [1.165, 1.54) is 16.7 Å². The fraction of sp³-hybridized carbons (Fsp3) is 0.286. The normalized spacial score (nSPS) is 17.3. The van der Waals surface area contributed by atoms with Gasteiger partial charge in [0.25, 0.3) is 0 Å². The van der Waals surface area contributed by atoms with Crippen LogP contribution in [0.5, 0.6) is 0 Å². The second-order valence-corrected chi connectivity index (χ2v) is 7.41. The van der Waals surface area contributed by atoms with Crippen LogP contribution in [0.4, 0.5) is 14.5 Å². The van der Waals surface area contributed by atoms with Crippen LogP contribution in [0.3, 0.4) is 0 Å². The lowest BCUT2D eigenvalue weighted by Gasteiger charge is -2.33. The average Bonchev–Trinajstić information content (AvgIpc) is 3.17. The van der Waals surface area contributed by atoms with Crippen LogP contribution in [0, 0.1) is 5.82 Å². The molecule has 0 saturated carbocycles. The number of benzene rings is 1.